The van der Waals surface area contributed by atoms with E-state index in [9.17, 15) is 13.2 Å². The molecule has 0 spiro atoms. The summed E-state index contributed by atoms with van der Waals surface area (Å²) >= 11 is 1.69. The van der Waals surface area contributed by atoms with Crippen molar-refractivity contribution < 1.29 is 17.9 Å². The first-order chi connectivity index (χ1) is 11.6. The Morgan fingerprint density at radius 3 is 2.24 bits per heavy atom. The lowest BCUT2D eigenvalue weighted by molar-refractivity contribution is -0.137. The monoisotopic (exact) mass is 372 g/mol. The molecule has 7 heteroatoms. The van der Waals surface area contributed by atoms with Crippen molar-refractivity contribution in [2.24, 2.45) is 0 Å². The summed E-state index contributed by atoms with van der Waals surface area (Å²) in [7, 11) is 0. The molecule has 0 aliphatic rings. The fraction of sp³-hybridized carbons (Fsp3) is 0.500. The molecule has 2 aromatic rings. The maximum Gasteiger partial charge on any atom is 0.416 e. The summed E-state index contributed by atoms with van der Waals surface area (Å²) in [4.78, 5) is 4.10. The van der Waals surface area contributed by atoms with Gasteiger partial charge in [-0.05, 0) is 24.6 Å². The van der Waals surface area contributed by atoms with Crippen molar-refractivity contribution >= 4 is 11.8 Å². The van der Waals surface area contributed by atoms with E-state index in [-0.39, 0.29) is 16.2 Å². The van der Waals surface area contributed by atoms with Crippen molar-refractivity contribution in [2.75, 3.05) is 6.61 Å². The third kappa shape index (κ3) is 5.51. The average molecular weight is 372 g/mol. The van der Waals surface area contributed by atoms with E-state index in [0.717, 1.165) is 12.1 Å². The highest BCUT2D eigenvalue weighted by Gasteiger charge is 2.33. The van der Waals surface area contributed by atoms with Crippen molar-refractivity contribution in [1.29, 1.82) is 0 Å². The van der Waals surface area contributed by atoms with Gasteiger partial charge in [-0.25, -0.2) is 4.98 Å². The van der Waals surface area contributed by atoms with Crippen LogP contribution < -0.4 is 0 Å². The predicted molar refractivity (Wildman–Crippen MR) is 94.4 cm³/mol. The standard InChI is InChI=1S/C18H23F3N2OS/c1-5-24-15(13-6-8-14(9-7-13)18(19,20)21)16(25-17(2,3)4)23-11-10-22-12-23/h6-12,15-16H,5H2,1-4H3. The van der Waals surface area contributed by atoms with Crippen LogP contribution in [-0.2, 0) is 10.9 Å². The van der Waals surface area contributed by atoms with E-state index in [2.05, 4.69) is 25.8 Å². The van der Waals surface area contributed by atoms with Crippen LogP contribution in [0.5, 0.6) is 0 Å². The Labute approximate surface area is 150 Å². The molecule has 0 aliphatic heterocycles. The number of benzene rings is 1. The molecular formula is C18H23F3N2OS. The maximum absolute atomic E-state index is 12.8. The highest BCUT2D eigenvalue weighted by molar-refractivity contribution is 8.00. The first-order valence-electron chi connectivity index (χ1n) is 8.06. The SMILES string of the molecule is CCOC(c1ccc(C(F)(F)F)cc1)C(SC(C)(C)C)n1ccnc1. The number of ether oxygens (including phenoxy) is 1. The molecule has 0 bridgehead atoms. The van der Waals surface area contributed by atoms with Crippen LogP contribution in [0, 0.1) is 0 Å². The average Bonchev–Trinajstić information content (AvgIpc) is 3.03. The van der Waals surface area contributed by atoms with E-state index in [1.807, 2.05) is 17.7 Å². The zero-order chi connectivity index (χ0) is 18.7. The second-order valence-corrected chi connectivity index (χ2v) is 8.57. The molecule has 2 rings (SSSR count). The first-order valence-corrected chi connectivity index (χ1v) is 8.94. The summed E-state index contributed by atoms with van der Waals surface area (Å²) in [6.45, 7) is 8.62. The number of aromatic nitrogens is 2. The highest BCUT2D eigenvalue weighted by atomic mass is 32.2. The Morgan fingerprint density at radius 2 is 1.80 bits per heavy atom. The molecule has 0 amide bonds. The third-order valence-corrected chi connectivity index (χ3v) is 4.90. The minimum absolute atomic E-state index is 0.0593. The van der Waals surface area contributed by atoms with Crippen LogP contribution in [0.15, 0.2) is 43.0 Å². The molecule has 1 heterocycles. The van der Waals surface area contributed by atoms with Gasteiger partial charge in [0.05, 0.1) is 11.9 Å². The van der Waals surface area contributed by atoms with Gasteiger partial charge in [-0.1, -0.05) is 32.9 Å². The lowest BCUT2D eigenvalue weighted by Gasteiger charge is -2.33. The van der Waals surface area contributed by atoms with Crippen LogP contribution >= 0.6 is 11.8 Å². The van der Waals surface area contributed by atoms with Crippen LogP contribution in [0.4, 0.5) is 13.2 Å². The second-order valence-electron chi connectivity index (χ2n) is 6.63. The van der Waals surface area contributed by atoms with Crippen molar-refractivity contribution in [3.63, 3.8) is 0 Å². The lowest BCUT2D eigenvalue weighted by Crippen LogP contribution is -2.22. The number of rotatable bonds is 6. The molecule has 0 fully saturated rings. The smallest absolute Gasteiger partial charge is 0.371 e. The normalized spacial score (nSPS) is 15.2. The Morgan fingerprint density at radius 1 is 1.16 bits per heavy atom. The van der Waals surface area contributed by atoms with Crippen LogP contribution in [0.3, 0.4) is 0 Å². The Balaban J connectivity index is 2.38. The minimum atomic E-state index is -4.34. The van der Waals surface area contributed by atoms with Gasteiger partial charge >= 0.3 is 6.18 Å². The summed E-state index contributed by atoms with van der Waals surface area (Å²) in [6, 6.07) is 5.20. The molecule has 138 valence electrons. The maximum atomic E-state index is 12.8. The summed E-state index contributed by atoms with van der Waals surface area (Å²) in [5.74, 6) is 0. The van der Waals surface area contributed by atoms with Gasteiger partial charge in [0.15, 0.2) is 0 Å². The summed E-state index contributed by atoms with van der Waals surface area (Å²) < 4.78 is 46.3. The quantitative estimate of drug-likeness (QED) is 0.650. The van der Waals surface area contributed by atoms with Gasteiger partial charge in [0.2, 0.25) is 0 Å². The van der Waals surface area contributed by atoms with Gasteiger partial charge in [-0.2, -0.15) is 13.2 Å². The molecule has 1 aromatic carbocycles. The number of thioether (sulfide) groups is 1. The molecule has 2 unspecified atom stereocenters. The largest absolute Gasteiger partial charge is 0.416 e. The Hall–Kier alpha value is -1.47. The van der Waals surface area contributed by atoms with Crippen LogP contribution in [0.1, 0.15) is 50.3 Å². The Bertz CT molecular complexity index is 648. The number of alkyl halides is 3. The lowest BCUT2D eigenvalue weighted by atomic mass is 10.1. The van der Waals surface area contributed by atoms with Crippen LogP contribution in [0.25, 0.3) is 0 Å². The third-order valence-electron chi connectivity index (χ3n) is 3.46. The summed E-state index contributed by atoms with van der Waals surface area (Å²) in [6.07, 6.45) is 0.514. The molecule has 0 saturated carbocycles. The number of imidazole rings is 1. The number of hydrogen-bond acceptors (Lipinski definition) is 3. The molecule has 2 atom stereocenters. The molecule has 0 aliphatic carbocycles. The van der Waals surface area contributed by atoms with Gasteiger partial charge in [0.1, 0.15) is 11.5 Å². The van der Waals surface area contributed by atoms with E-state index in [4.69, 9.17) is 4.74 Å². The van der Waals surface area contributed by atoms with Gasteiger partial charge in [-0.3, -0.25) is 0 Å². The zero-order valence-corrected chi connectivity index (χ0v) is 15.6. The highest BCUT2D eigenvalue weighted by Crippen LogP contribution is 2.44. The predicted octanol–water partition coefficient (Wildman–Crippen LogP) is 5.71. The topological polar surface area (TPSA) is 27.1 Å². The van der Waals surface area contributed by atoms with Gasteiger partial charge < -0.3 is 9.30 Å². The van der Waals surface area contributed by atoms with E-state index < -0.39 is 11.7 Å². The van der Waals surface area contributed by atoms with E-state index >= 15 is 0 Å². The van der Waals surface area contributed by atoms with Gasteiger partial charge in [0.25, 0.3) is 0 Å². The minimum Gasteiger partial charge on any atom is -0.371 e. The molecule has 1 aromatic heterocycles. The molecule has 0 radical (unpaired) electrons. The summed E-state index contributed by atoms with van der Waals surface area (Å²) in [5.41, 5.74) is 0.0550. The van der Waals surface area contributed by atoms with E-state index in [0.29, 0.717) is 12.2 Å². The van der Waals surface area contributed by atoms with Crippen LogP contribution in [-0.4, -0.2) is 20.9 Å². The molecular weight excluding hydrogens is 349 g/mol. The van der Waals surface area contributed by atoms with Gasteiger partial charge in [-0.15, -0.1) is 11.8 Å². The van der Waals surface area contributed by atoms with Crippen molar-refractivity contribution in [2.45, 2.75) is 50.1 Å². The van der Waals surface area contributed by atoms with Gasteiger partial charge in [0, 0.05) is 23.7 Å². The van der Waals surface area contributed by atoms with Crippen molar-refractivity contribution in [1.82, 2.24) is 9.55 Å². The molecule has 0 saturated heterocycles. The molecule has 25 heavy (non-hydrogen) atoms. The van der Waals surface area contributed by atoms with Crippen LogP contribution in [0.2, 0.25) is 0 Å². The number of halogens is 3. The fourth-order valence-corrected chi connectivity index (χ4v) is 3.78. The first kappa shape index (κ1) is 19.8. The van der Waals surface area contributed by atoms with E-state index in [1.165, 1.54) is 12.1 Å². The number of nitrogens with zero attached hydrogens (tertiary/aromatic N) is 2. The zero-order valence-electron chi connectivity index (χ0n) is 14.7. The molecule has 3 nitrogen and oxygen atoms in total. The molecule has 0 N–H and O–H groups in total. The fourth-order valence-electron chi connectivity index (χ4n) is 2.45. The number of hydrogen-bond donors (Lipinski definition) is 0. The van der Waals surface area contributed by atoms with E-state index in [1.54, 1.807) is 24.3 Å². The van der Waals surface area contributed by atoms with Crippen molar-refractivity contribution in [3.05, 3.63) is 54.1 Å². The van der Waals surface area contributed by atoms with Crippen molar-refractivity contribution in [3.8, 4) is 0 Å². The second kappa shape index (κ2) is 7.83. The Kier molecular flexibility index (Phi) is 6.21. The summed E-state index contributed by atoms with van der Waals surface area (Å²) in [5, 5.41) is -0.140.